The highest BCUT2D eigenvalue weighted by atomic mass is 32.1. The van der Waals surface area contributed by atoms with Gasteiger partial charge >= 0.3 is 4.87 Å². The fourth-order valence-corrected chi connectivity index (χ4v) is 4.22. The van der Waals surface area contributed by atoms with Crippen LogP contribution in [0.4, 0.5) is 5.13 Å². The number of nitrogens with zero attached hydrogens (tertiary/aromatic N) is 4. The summed E-state index contributed by atoms with van der Waals surface area (Å²) < 4.78 is 7.12. The maximum atomic E-state index is 11.6. The van der Waals surface area contributed by atoms with Crippen LogP contribution in [0.2, 0.25) is 0 Å². The third-order valence-electron chi connectivity index (χ3n) is 5.01. The van der Waals surface area contributed by atoms with E-state index < -0.39 is 0 Å². The van der Waals surface area contributed by atoms with Crippen molar-refractivity contribution in [2.24, 2.45) is 7.05 Å². The molecule has 0 radical (unpaired) electrons. The summed E-state index contributed by atoms with van der Waals surface area (Å²) in [7, 11) is 1.70. The van der Waals surface area contributed by atoms with Gasteiger partial charge in [0, 0.05) is 45.7 Å². The highest BCUT2D eigenvalue weighted by molar-refractivity contribution is 7.13. The molecule has 4 rings (SSSR count). The molecule has 0 N–H and O–H groups in total. The molecule has 1 saturated heterocycles. The molecule has 0 saturated carbocycles. The van der Waals surface area contributed by atoms with Crippen LogP contribution in [-0.2, 0) is 13.5 Å². The van der Waals surface area contributed by atoms with Crippen LogP contribution >= 0.6 is 11.3 Å². The Morgan fingerprint density at radius 1 is 1.25 bits per heavy atom. The minimum absolute atomic E-state index is 0.000983. The molecule has 1 aromatic carbocycles. The SMILES string of the molecule is C[C@@H](c1ccc2c(c1)OCC2)N1CCN(c2nn(C)c(=O)s2)CC1. The number of ether oxygens (including phenoxy) is 1. The van der Waals surface area contributed by atoms with Gasteiger partial charge in [-0.15, -0.1) is 5.10 Å². The fourth-order valence-electron chi connectivity index (χ4n) is 3.42. The van der Waals surface area contributed by atoms with E-state index in [1.54, 1.807) is 7.05 Å². The van der Waals surface area contributed by atoms with Gasteiger partial charge in [-0.05, 0) is 35.5 Å². The van der Waals surface area contributed by atoms with Crippen molar-refractivity contribution in [3.05, 3.63) is 39.0 Å². The summed E-state index contributed by atoms with van der Waals surface area (Å²) in [6.07, 6.45) is 1.02. The van der Waals surface area contributed by atoms with Gasteiger partial charge in [-0.3, -0.25) is 9.69 Å². The number of hydrogen-bond acceptors (Lipinski definition) is 6. The van der Waals surface area contributed by atoms with Crippen LogP contribution < -0.4 is 14.5 Å². The fraction of sp³-hybridized carbons (Fsp3) is 0.529. The monoisotopic (exact) mass is 346 g/mol. The molecule has 0 bridgehead atoms. The Hall–Kier alpha value is -1.86. The van der Waals surface area contributed by atoms with Gasteiger partial charge in [0.1, 0.15) is 5.75 Å². The van der Waals surface area contributed by atoms with Crippen LogP contribution in [0, 0.1) is 0 Å². The molecular formula is C17H22N4O2S. The predicted octanol–water partition coefficient (Wildman–Crippen LogP) is 1.66. The van der Waals surface area contributed by atoms with Gasteiger partial charge in [-0.2, -0.15) is 0 Å². The molecule has 0 amide bonds. The van der Waals surface area contributed by atoms with Crippen molar-refractivity contribution in [2.75, 3.05) is 37.7 Å². The number of hydrogen-bond donors (Lipinski definition) is 0. The third-order valence-corrected chi connectivity index (χ3v) is 5.97. The van der Waals surface area contributed by atoms with Crippen LogP contribution in [0.5, 0.6) is 5.75 Å². The Kier molecular flexibility index (Phi) is 4.05. The van der Waals surface area contributed by atoms with Crippen LogP contribution in [-0.4, -0.2) is 47.5 Å². The first-order valence-corrected chi connectivity index (χ1v) is 9.22. The van der Waals surface area contributed by atoms with E-state index in [4.69, 9.17) is 4.74 Å². The molecule has 1 aromatic heterocycles. The lowest BCUT2D eigenvalue weighted by atomic mass is 10.0. The zero-order valence-electron chi connectivity index (χ0n) is 14.1. The number of fused-ring (bicyclic) bond motifs is 1. The number of benzene rings is 1. The Balaban J connectivity index is 1.42. The molecule has 0 unspecified atom stereocenters. The van der Waals surface area contributed by atoms with Crippen molar-refractivity contribution in [2.45, 2.75) is 19.4 Å². The summed E-state index contributed by atoms with van der Waals surface area (Å²) in [6.45, 7) is 6.80. The average Bonchev–Trinajstić information content (AvgIpc) is 3.20. The second-order valence-electron chi connectivity index (χ2n) is 6.44. The molecule has 2 aliphatic rings. The predicted molar refractivity (Wildman–Crippen MR) is 95.2 cm³/mol. The maximum Gasteiger partial charge on any atom is 0.326 e. The van der Waals surface area contributed by atoms with Crippen molar-refractivity contribution in [3.8, 4) is 5.75 Å². The Labute approximate surface area is 145 Å². The van der Waals surface area contributed by atoms with E-state index in [2.05, 4.69) is 40.0 Å². The normalized spacial score (nSPS) is 19.2. The highest BCUT2D eigenvalue weighted by Gasteiger charge is 2.25. The number of anilines is 1. The molecule has 2 aromatic rings. The molecule has 1 fully saturated rings. The topological polar surface area (TPSA) is 50.6 Å². The molecule has 2 aliphatic heterocycles. The van der Waals surface area contributed by atoms with Crippen molar-refractivity contribution in [1.29, 1.82) is 0 Å². The lowest BCUT2D eigenvalue weighted by Crippen LogP contribution is -2.47. The van der Waals surface area contributed by atoms with Gasteiger partial charge in [0.25, 0.3) is 0 Å². The summed E-state index contributed by atoms with van der Waals surface area (Å²) in [5.41, 5.74) is 2.63. The van der Waals surface area contributed by atoms with E-state index in [1.165, 1.54) is 27.1 Å². The van der Waals surface area contributed by atoms with Crippen molar-refractivity contribution >= 4 is 16.5 Å². The first-order chi connectivity index (χ1) is 11.6. The molecule has 6 nitrogen and oxygen atoms in total. The first-order valence-electron chi connectivity index (χ1n) is 8.40. The zero-order chi connectivity index (χ0) is 16.7. The number of aryl methyl sites for hydroxylation is 1. The molecule has 128 valence electrons. The minimum Gasteiger partial charge on any atom is -0.493 e. The van der Waals surface area contributed by atoms with Crippen LogP contribution in [0.15, 0.2) is 23.0 Å². The van der Waals surface area contributed by atoms with E-state index in [9.17, 15) is 4.79 Å². The summed E-state index contributed by atoms with van der Waals surface area (Å²) in [4.78, 5) is 16.3. The van der Waals surface area contributed by atoms with E-state index in [-0.39, 0.29) is 4.87 Å². The third kappa shape index (κ3) is 2.82. The van der Waals surface area contributed by atoms with E-state index in [0.717, 1.165) is 50.1 Å². The lowest BCUT2D eigenvalue weighted by Gasteiger charge is -2.38. The molecule has 3 heterocycles. The largest absolute Gasteiger partial charge is 0.493 e. The highest BCUT2D eigenvalue weighted by Crippen LogP contribution is 2.31. The molecule has 24 heavy (non-hydrogen) atoms. The minimum atomic E-state index is -0.000983. The number of aromatic nitrogens is 2. The zero-order valence-corrected chi connectivity index (χ0v) is 14.9. The van der Waals surface area contributed by atoms with Crippen LogP contribution in [0.3, 0.4) is 0 Å². The van der Waals surface area contributed by atoms with Crippen molar-refractivity contribution < 1.29 is 4.74 Å². The molecule has 0 spiro atoms. The summed E-state index contributed by atoms with van der Waals surface area (Å²) in [5, 5.41) is 5.15. The Bertz CT molecular complexity index is 792. The molecule has 7 heteroatoms. The second-order valence-corrected chi connectivity index (χ2v) is 7.36. The Morgan fingerprint density at radius 2 is 2.04 bits per heavy atom. The quantitative estimate of drug-likeness (QED) is 0.846. The van der Waals surface area contributed by atoms with Gasteiger partial charge < -0.3 is 9.64 Å². The number of rotatable bonds is 3. The van der Waals surface area contributed by atoms with Gasteiger partial charge in [-0.25, -0.2) is 4.68 Å². The molecule has 1 atom stereocenters. The first kappa shape index (κ1) is 15.7. The molecule has 0 aliphatic carbocycles. The van der Waals surface area contributed by atoms with Gasteiger partial charge in [-0.1, -0.05) is 12.1 Å². The summed E-state index contributed by atoms with van der Waals surface area (Å²) in [5.74, 6) is 1.05. The van der Waals surface area contributed by atoms with Crippen molar-refractivity contribution in [1.82, 2.24) is 14.7 Å². The van der Waals surface area contributed by atoms with E-state index >= 15 is 0 Å². The van der Waals surface area contributed by atoms with Gasteiger partial charge in [0.2, 0.25) is 5.13 Å². The Morgan fingerprint density at radius 3 is 2.75 bits per heavy atom. The van der Waals surface area contributed by atoms with E-state index in [0.29, 0.717) is 6.04 Å². The van der Waals surface area contributed by atoms with Crippen LogP contribution in [0.1, 0.15) is 24.1 Å². The standard InChI is InChI=1S/C17H22N4O2S/c1-12(14-4-3-13-5-10-23-15(13)11-14)20-6-8-21(9-7-20)16-18-19(2)17(22)24-16/h3-4,11-12H,5-10H2,1-2H3/t12-/m0/s1. The molecular weight excluding hydrogens is 324 g/mol. The summed E-state index contributed by atoms with van der Waals surface area (Å²) in [6, 6.07) is 7.00. The van der Waals surface area contributed by atoms with Crippen molar-refractivity contribution in [3.63, 3.8) is 0 Å². The number of piperazine rings is 1. The lowest BCUT2D eigenvalue weighted by molar-refractivity contribution is 0.198. The summed E-state index contributed by atoms with van der Waals surface area (Å²) >= 11 is 1.23. The second kappa shape index (κ2) is 6.22. The van der Waals surface area contributed by atoms with E-state index in [1.807, 2.05) is 0 Å². The van der Waals surface area contributed by atoms with Crippen LogP contribution in [0.25, 0.3) is 0 Å². The maximum absolute atomic E-state index is 11.6. The average molecular weight is 346 g/mol. The smallest absolute Gasteiger partial charge is 0.326 e. The van der Waals surface area contributed by atoms with Gasteiger partial charge in [0.15, 0.2) is 0 Å². The van der Waals surface area contributed by atoms with Gasteiger partial charge in [0.05, 0.1) is 6.61 Å².